The summed E-state index contributed by atoms with van der Waals surface area (Å²) in [6, 6.07) is 15.0. The van der Waals surface area contributed by atoms with E-state index < -0.39 is 24.1 Å². The largest absolute Gasteiger partial charge is 0.481 e. The number of hydrogen-bond acceptors (Lipinski definition) is 3. The molecule has 0 saturated carbocycles. The lowest BCUT2D eigenvalue weighted by atomic mass is 10.0. The molecule has 3 N–H and O–H groups in total. The molecule has 0 spiro atoms. The number of hydrogen-bond donors (Lipinski definition) is 3. The molecule has 2 aromatic rings. The molecule has 6 heteroatoms. The van der Waals surface area contributed by atoms with Crippen LogP contribution in [0.4, 0.5) is 10.5 Å². The lowest BCUT2D eigenvalue weighted by Gasteiger charge is -2.24. The number of fused-ring (bicyclic) bond motifs is 1. The molecule has 0 fully saturated rings. The first-order valence-corrected chi connectivity index (χ1v) is 6.76. The molecule has 112 valence electrons. The third-order valence-corrected chi connectivity index (χ3v) is 3.39. The molecule has 2 unspecified atom stereocenters. The standard InChI is InChI=1S/C16H14N2O4/c19-15-13(18-16(20)21)14(10-6-2-1-3-7-10)22-12-9-5-4-8-11(12)17-15/h1-9,13-14,18H,(H,17,19)(H,20,21). The van der Waals surface area contributed by atoms with Crippen LogP contribution in [0.5, 0.6) is 5.75 Å². The number of rotatable bonds is 2. The molecule has 0 aliphatic carbocycles. The summed E-state index contributed by atoms with van der Waals surface area (Å²) in [5.74, 6) is 0.0422. The van der Waals surface area contributed by atoms with Crippen molar-refractivity contribution in [3.05, 3.63) is 60.2 Å². The van der Waals surface area contributed by atoms with Crippen molar-refractivity contribution in [2.75, 3.05) is 5.32 Å². The van der Waals surface area contributed by atoms with Crippen LogP contribution in [0.1, 0.15) is 11.7 Å². The number of anilines is 1. The fourth-order valence-electron chi connectivity index (χ4n) is 2.40. The molecule has 2 amide bonds. The van der Waals surface area contributed by atoms with E-state index in [1.165, 1.54) is 0 Å². The predicted molar refractivity (Wildman–Crippen MR) is 79.8 cm³/mol. The van der Waals surface area contributed by atoms with Gasteiger partial charge < -0.3 is 20.5 Å². The van der Waals surface area contributed by atoms with Crippen molar-refractivity contribution in [3.63, 3.8) is 0 Å². The molecular formula is C16H14N2O4. The first-order chi connectivity index (χ1) is 10.6. The Hall–Kier alpha value is -3.02. The second-order valence-corrected chi connectivity index (χ2v) is 4.86. The van der Waals surface area contributed by atoms with Gasteiger partial charge in [0, 0.05) is 0 Å². The van der Waals surface area contributed by atoms with Crippen LogP contribution < -0.4 is 15.4 Å². The van der Waals surface area contributed by atoms with E-state index in [0.29, 0.717) is 17.0 Å². The average Bonchev–Trinajstić information content (AvgIpc) is 2.65. The maximum Gasteiger partial charge on any atom is 0.405 e. The maximum absolute atomic E-state index is 12.4. The number of amides is 2. The number of nitrogens with one attached hydrogen (secondary N) is 2. The minimum Gasteiger partial charge on any atom is -0.481 e. The van der Waals surface area contributed by atoms with Crippen molar-refractivity contribution < 1.29 is 19.4 Å². The van der Waals surface area contributed by atoms with Crippen LogP contribution in [0, 0.1) is 0 Å². The molecule has 0 radical (unpaired) electrons. The zero-order valence-corrected chi connectivity index (χ0v) is 11.5. The summed E-state index contributed by atoms with van der Waals surface area (Å²) in [7, 11) is 0. The van der Waals surface area contributed by atoms with Gasteiger partial charge in [0.25, 0.3) is 5.91 Å². The van der Waals surface area contributed by atoms with Crippen LogP contribution in [-0.2, 0) is 4.79 Å². The molecule has 0 bridgehead atoms. The number of para-hydroxylation sites is 2. The lowest BCUT2D eigenvalue weighted by molar-refractivity contribution is -0.119. The van der Waals surface area contributed by atoms with Crippen molar-refractivity contribution >= 4 is 17.7 Å². The lowest BCUT2D eigenvalue weighted by Crippen LogP contribution is -2.47. The number of carbonyl (C=O) groups is 2. The fraction of sp³-hybridized carbons (Fsp3) is 0.125. The van der Waals surface area contributed by atoms with Gasteiger partial charge in [0.15, 0.2) is 12.1 Å². The molecule has 1 aliphatic heterocycles. The first kappa shape index (κ1) is 13.9. The highest BCUT2D eigenvalue weighted by Crippen LogP contribution is 2.34. The Labute approximate surface area is 126 Å². The second kappa shape index (κ2) is 5.77. The van der Waals surface area contributed by atoms with E-state index in [9.17, 15) is 9.59 Å². The third kappa shape index (κ3) is 2.71. The van der Waals surface area contributed by atoms with Crippen LogP contribution in [0.15, 0.2) is 54.6 Å². The van der Waals surface area contributed by atoms with Crippen molar-refractivity contribution in [1.29, 1.82) is 0 Å². The van der Waals surface area contributed by atoms with Gasteiger partial charge in [0.1, 0.15) is 5.75 Å². The van der Waals surface area contributed by atoms with Gasteiger partial charge in [-0.05, 0) is 17.7 Å². The van der Waals surface area contributed by atoms with E-state index in [1.54, 1.807) is 36.4 Å². The molecule has 1 heterocycles. The Morgan fingerprint density at radius 1 is 1.09 bits per heavy atom. The minimum absolute atomic E-state index is 0.457. The summed E-state index contributed by atoms with van der Waals surface area (Å²) in [6.45, 7) is 0. The van der Waals surface area contributed by atoms with Crippen molar-refractivity contribution in [1.82, 2.24) is 5.32 Å². The van der Waals surface area contributed by atoms with Crippen LogP contribution in [0.3, 0.4) is 0 Å². The van der Waals surface area contributed by atoms with Gasteiger partial charge in [-0.15, -0.1) is 0 Å². The fourth-order valence-corrected chi connectivity index (χ4v) is 2.40. The Bertz CT molecular complexity index is 702. The summed E-state index contributed by atoms with van der Waals surface area (Å²) in [5.41, 5.74) is 1.23. The highest BCUT2D eigenvalue weighted by Gasteiger charge is 2.36. The molecule has 6 nitrogen and oxygen atoms in total. The van der Waals surface area contributed by atoms with E-state index >= 15 is 0 Å². The van der Waals surface area contributed by atoms with Gasteiger partial charge in [0.05, 0.1) is 5.69 Å². The third-order valence-electron chi connectivity index (χ3n) is 3.39. The number of benzene rings is 2. The average molecular weight is 298 g/mol. The summed E-state index contributed by atoms with van der Waals surface area (Å²) in [4.78, 5) is 23.4. The summed E-state index contributed by atoms with van der Waals surface area (Å²) < 4.78 is 5.92. The van der Waals surface area contributed by atoms with Crippen LogP contribution in [-0.4, -0.2) is 23.1 Å². The number of ether oxygens (including phenoxy) is 1. The van der Waals surface area contributed by atoms with Gasteiger partial charge in [-0.25, -0.2) is 4.79 Å². The van der Waals surface area contributed by atoms with E-state index in [-0.39, 0.29) is 0 Å². The quantitative estimate of drug-likeness (QED) is 0.794. The Morgan fingerprint density at radius 3 is 2.50 bits per heavy atom. The second-order valence-electron chi connectivity index (χ2n) is 4.86. The molecule has 1 aliphatic rings. The van der Waals surface area contributed by atoms with E-state index in [2.05, 4.69) is 10.6 Å². The molecule has 3 rings (SSSR count). The van der Waals surface area contributed by atoms with Gasteiger partial charge in [-0.1, -0.05) is 42.5 Å². The number of carboxylic acid groups (broad SMARTS) is 1. The monoisotopic (exact) mass is 298 g/mol. The van der Waals surface area contributed by atoms with E-state index in [4.69, 9.17) is 9.84 Å². The SMILES string of the molecule is O=C(O)NC1C(=O)Nc2ccccc2OC1c1ccccc1. The Balaban J connectivity index is 2.04. The van der Waals surface area contributed by atoms with Crippen molar-refractivity contribution in [3.8, 4) is 5.75 Å². The Kier molecular flexibility index (Phi) is 3.65. The predicted octanol–water partition coefficient (Wildman–Crippen LogP) is 2.39. The molecule has 2 atom stereocenters. The topological polar surface area (TPSA) is 87.7 Å². The molecule has 0 saturated heterocycles. The number of carbonyl (C=O) groups excluding carboxylic acids is 1. The highest BCUT2D eigenvalue weighted by molar-refractivity contribution is 5.98. The smallest absolute Gasteiger partial charge is 0.405 e. The van der Waals surface area contributed by atoms with Gasteiger partial charge in [-0.3, -0.25) is 4.79 Å². The van der Waals surface area contributed by atoms with E-state index in [1.807, 2.05) is 18.2 Å². The molecule has 22 heavy (non-hydrogen) atoms. The maximum atomic E-state index is 12.4. The minimum atomic E-state index is -1.28. The molecular weight excluding hydrogens is 284 g/mol. The zero-order valence-electron chi connectivity index (χ0n) is 11.5. The summed E-state index contributed by atoms with van der Waals surface area (Å²) in [6.07, 6.45) is -2.03. The van der Waals surface area contributed by atoms with E-state index in [0.717, 1.165) is 0 Å². The van der Waals surface area contributed by atoms with Crippen LogP contribution in [0.25, 0.3) is 0 Å². The highest BCUT2D eigenvalue weighted by atomic mass is 16.5. The van der Waals surface area contributed by atoms with Crippen LogP contribution in [0.2, 0.25) is 0 Å². The first-order valence-electron chi connectivity index (χ1n) is 6.76. The van der Waals surface area contributed by atoms with Crippen molar-refractivity contribution in [2.45, 2.75) is 12.1 Å². The van der Waals surface area contributed by atoms with Gasteiger partial charge in [-0.2, -0.15) is 0 Å². The molecule has 0 aromatic heterocycles. The normalized spacial score (nSPS) is 20.1. The zero-order chi connectivity index (χ0) is 15.5. The van der Waals surface area contributed by atoms with Crippen molar-refractivity contribution in [2.24, 2.45) is 0 Å². The van der Waals surface area contributed by atoms with Crippen LogP contribution >= 0.6 is 0 Å². The molecule has 2 aromatic carbocycles. The van der Waals surface area contributed by atoms with Gasteiger partial charge in [0.2, 0.25) is 0 Å². The summed E-state index contributed by atoms with van der Waals surface area (Å²) in [5, 5.41) is 13.9. The summed E-state index contributed by atoms with van der Waals surface area (Å²) >= 11 is 0. The Morgan fingerprint density at radius 2 is 1.77 bits per heavy atom. The van der Waals surface area contributed by atoms with Gasteiger partial charge >= 0.3 is 6.09 Å².